The standard InChI is InChI=1S/C23H14Cl3F3N2O2/c24-15-8-11(6-7-16(15)27)18-19(23(18,25)26)22(33)31-13-9-14(20(29)17(28)10-13)21(32)30-12-4-2-1-3-5-12/h1-10,18-19H,(H,30,32)(H,31,33). The van der Waals surface area contributed by atoms with Crippen molar-refractivity contribution in [1.82, 2.24) is 0 Å². The number of rotatable bonds is 5. The van der Waals surface area contributed by atoms with Crippen LogP contribution in [0.25, 0.3) is 0 Å². The summed E-state index contributed by atoms with van der Waals surface area (Å²) in [6.45, 7) is 0. The highest BCUT2D eigenvalue weighted by atomic mass is 35.5. The topological polar surface area (TPSA) is 58.2 Å². The van der Waals surface area contributed by atoms with Crippen LogP contribution in [-0.4, -0.2) is 16.1 Å². The van der Waals surface area contributed by atoms with Crippen molar-refractivity contribution in [2.24, 2.45) is 5.92 Å². The Morgan fingerprint density at radius 1 is 0.848 bits per heavy atom. The van der Waals surface area contributed by atoms with E-state index in [2.05, 4.69) is 10.6 Å². The van der Waals surface area contributed by atoms with E-state index in [0.717, 1.165) is 18.2 Å². The molecule has 0 aliphatic heterocycles. The van der Waals surface area contributed by atoms with E-state index in [-0.39, 0.29) is 10.7 Å². The summed E-state index contributed by atoms with van der Waals surface area (Å²) in [6, 6.07) is 13.8. The minimum atomic E-state index is -1.52. The molecular formula is C23H14Cl3F3N2O2. The van der Waals surface area contributed by atoms with Crippen molar-refractivity contribution in [2.75, 3.05) is 10.6 Å². The van der Waals surface area contributed by atoms with Gasteiger partial charge in [0.2, 0.25) is 5.91 Å². The first-order valence-corrected chi connectivity index (χ1v) is 10.7. The molecule has 10 heteroatoms. The van der Waals surface area contributed by atoms with Crippen LogP contribution in [0.3, 0.4) is 0 Å². The molecule has 0 radical (unpaired) electrons. The van der Waals surface area contributed by atoms with Crippen LogP contribution in [0.5, 0.6) is 0 Å². The van der Waals surface area contributed by atoms with Gasteiger partial charge in [-0.1, -0.05) is 35.9 Å². The maximum Gasteiger partial charge on any atom is 0.258 e. The van der Waals surface area contributed by atoms with Gasteiger partial charge in [0.1, 0.15) is 10.2 Å². The lowest BCUT2D eigenvalue weighted by molar-refractivity contribution is -0.117. The average molecular weight is 514 g/mol. The molecule has 170 valence electrons. The molecule has 2 amide bonds. The zero-order valence-corrected chi connectivity index (χ0v) is 18.8. The molecule has 0 bridgehead atoms. The van der Waals surface area contributed by atoms with Gasteiger partial charge in [-0.15, -0.1) is 23.2 Å². The number of carbonyl (C=O) groups excluding carboxylic acids is 2. The van der Waals surface area contributed by atoms with Crippen LogP contribution in [0.15, 0.2) is 60.7 Å². The van der Waals surface area contributed by atoms with Gasteiger partial charge in [0.15, 0.2) is 11.6 Å². The van der Waals surface area contributed by atoms with Crippen LogP contribution < -0.4 is 10.6 Å². The molecule has 2 unspecified atom stereocenters. The van der Waals surface area contributed by atoms with Crippen molar-refractivity contribution in [1.29, 1.82) is 0 Å². The third-order valence-corrected chi connectivity index (χ3v) is 6.44. The number of benzene rings is 3. The summed E-state index contributed by atoms with van der Waals surface area (Å²) in [7, 11) is 0. The highest BCUT2D eigenvalue weighted by Crippen LogP contribution is 2.65. The van der Waals surface area contributed by atoms with E-state index in [0.29, 0.717) is 11.3 Å². The molecule has 0 spiro atoms. The van der Waals surface area contributed by atoms with E-state index >= 15 is 0 Å². The Bertz CT molecular complexity index is 1260. The molecule has 1 aliphatic carbocycles. The maximum atomic E-state index is 14.3. The predicted molar refractivity (Wildman–Crippen MR) is 121 cm³/mol. The lowest BCUT2D eigenvalue weighted by atomic mass is 10.1. The summed E-state index contributed by atoms with van der Waals surface area (Å²) >= 11 is 18.3. The summed E-state index contributed by atoms with van der Waals surface area (Å²) in [6.07, 6.45) is 0. The highest BCUT2D eigenvalue weighted by Gasteiger charge is 2.67. The number of anilines is 2. The zero-order chi connectivity index (χ0) is 23.9. The molecule has 33 heavy (non-hydrogen) atoms. The van der Waals surface area contributed by atoms with Crippen molar-refractivity contribution in [2.45, 2.75) is 10.3 Å². The first kappa shape index (κ1) is 23.4. The quantitative estimate of drug-likeness (QED) is 0.381. The predicted octanol–water partition coefficient (Wildman–Crippen LogP) is 6.54. The van der Waals surface area contributed by atoms with Crippen molar-refractivity contribution in [3.8, 4) is 0 Å². The largest absolute Gasteiger partial charge is 0.326 e. The van der Waals surface area contributed by atoms with Gasteiger partial charge in [-0.2, -0.15) is 0 Å². The number of nitrogens with one attached hydrogen (secondary N) is 2. The number of para-hydroxylation sites is 1. The molecule has 2 atom stereocenters. The van der Waals surface area contributed by atoms with E-state index in [4.69, 9.17) is 34.8 Å². The van der Waals surface area contributed by atoms with E-state index in [1.54, 1.807) is 30.3 Å². The van der Waals surface area contributed by atoms with Crippen LogP contribution in [0, 0.1) is 23.4 Å². The summed E-state index contributed by atoms with van der Waals surface area (Å²) in [5.41, 5.74) is 0.0585. The normalized spacial score (nSPS) is 18.5. The van der Waals surface area contributed by atoms with Crippen LogP contribution in [0.2, 0.25) is 5.02 Å². The van der Waals surface area contributed by atoms with Crippen molar-refractivity contribution in [3.63, 3.8) is 0 Å². The van der Waals surface area contributed by atoms with Gasteiger partial charge < -0.3 is 10.6 Å². The summed E-state index contributed by atoms with van der Waals surface area (Å²) in [5.74, 6) is -6.60. The van der Waals surface area contributed by atoms with Gasteiger partial charge in [-0.3, -0.25) is 9.59 Å². The molecule has 3 aromatic rings. The molecule has 4 rings (SSSR count). The Balaban J connectivity index is 1.54. The third kappa shape index (κ3) is 4.67. The smallest absolute Gasteiger partial charge is 0.258 e. The maximum absolute atomic E-state index is 14.3. The summed E-state index contributed by atoms with van der Waals surface area (Å²) < 4.78 is 40.4. The molecule has 0 saturated heterocycles. The first-order valence-electron chi connectivity index (χ1n) is 9.58. The monoisotopic (exact) mass is 512 g/mol. The second-order valence-corrected chi connectivity index (χ2v) is 9.28. The third-order valence-electron chi connectivity index (χ3n) is 5.21. The minimum Gasteiger partial charge on any atom is -0.326 e. The average Bonchev–Trinajstić information content (AvgIpc) is 3.35. The summed E-state index contributed by atoms with van der Waals surface area (Å²) in [5, 5.41) is 4.71. The number of hydrogen-bond donors (Lipinski definition) is 2. The lowest BCUT2D eigenvalue weighted by Crippen LogP contribution is -2.19. The first-order chi connectivity index (χ1) is 15.6. The Hall–Kier alpha value is -2.74. The second-order valence-electron chi connectivity index (χ2n) is 7.43. The van der Waals surface area contributed by atoms with Crippen LogP contribution >= 0.6 is 34.8 Å². The van der Waals surface area contributed by atoms with Crippen molar-refractivity contribution in [3.05, 3.63) is 94.3 Å². The Morgan fingerprint density at radius 2 is 1.55 bits per heavy atom. The van der Waals surface area contributed by atoms with Gasteiger partial charge >= 0.3 is 0 Å². The fraction of sp³-hybridized carbons (Fsp3) is 0.130. The van der Waals surface area contributed by atoms with E-state index in [9.17, 15) is 22.8 Å². The number of halogens is 6. The Labute approximate surface area is 201 Å². The van der Waals surface area contributed by atoms with Gasteiger partial charge in [-0.05, 0) is 35.9 Å². The molecule has 2 N–H and O–H groups in total. The lowest BCUT2D eigenvalue weighted by Gasteiger charge is -2.10. The number of amides is 2. The fourth-order valence-electron chi connectivity index (χ4n) is 3.54. The number of hydrogen-bond acceptors (Lipinski definition) is 2. The Morgan fingerprint density at radius 3 is 2.21 bits per heavy atom. The second kappa shape index (κ2) is 8.89. The fourth-order valence-corrected chi connectivity index (χ4v) is 4.56. The molecule has 0 aromatic heterocycles. The van der Waals surface area contributed by atoms with Crippen LogP contribution in [-0.2, 0) is 4.79 Å². The molecular weight excluding hydrogens is 500 g/mol. The van der Waals surface area contributed by atoms with E-state index in [1.165, 1.54) is 12.1 Å². The highest BCUT2D eigenvalue weighted by molar-refractivity contribution is 6.53. The molecule has 0 heterocycles. The minimum absolute atomic E-state index is 0.155. The number of alkyl halides is 2. The Kier molecular flexibility index (Phi) is 6.31. The van der Waals surface area contributed by atoms with E-state index in [1.807, 2.05) is 0 Å². The molecule has 1 aliphatic rings. The van der Waals surface area contributed by atoms with Gasteiger partial charge in [-0.25, -0.2) is 13.2 Å². The molecule has 3 aromatic carbocycles. The number of carbonyl (C=O) groups is 2. The van der Waals surface area contributed by atoms with E-state index < -0.39 is 51.0 Å². The van der Waals surface area contributed by atoms with Crippen LogP contribution in [0.4, 0.5) is 24.5 Å². The SMILES string of the molecule is O=C(Nc1ccccc1)c1cc(NC(=O)C2C(c3ccc(F)c(Cl)c3)C2(Cl)Cl)cc(F)c1F. The van der Waals surface area contributed by atoms with Gasteiger partial charge in [0.25, 0.3) is 5.91 Å². The summed E-state index contributed by atoms with van der Waals surface area (Å²) in [4.78, 5) is 25.2. The van der Waals surface area contributed by atoms with Crippen molar-refractivity contribution >= 4 is 58.0 Å². The molecule has 1 saturated carbocycles. The van der Waals surface area contributed by atoms with Crippen molar-refractivity contribution < 1.29 is 22.8 Å². The molecule has 4 nitrogen and oxygen atoms in total. The van der Waals surface area contributed by atoms with Gasteiger partial charge in [0.05, 0.1) is 16.5 Å². The van der Waals surface area contributed by atoms with Gasteiger partial charge in [0, 0.05) is 23.4 Å². The zero-order valence-electron chi connectivity index (χ0n) is 16.5. The van der Waals surface area contributed by atoms with Crippen LogP contribution in [0.1, 0.15) is 21.8 Å². The molecule has 1 fully saturated rings.